The number of alkyl carbamates (subject to hydrolysis) is 1. The lowest BCUT2D eigenvalue weighted by Crippen LogP contribution is -2.54. The number of aliphatic imine (C=N–C) groups is 1. The standard InChI is InChI=1S/C14H28N4O4/c1-6-21-10(19)14(5,8-7-9-17-11(15)16)18-12(20)22-13(2,3)4/h6-9H2,1-5H3,(H,18,20)(H4,15,16,17). The molecule has 0 aliphatic carbocycles. The van der Waals surface area contributed by atoms with Gasteiger partial charge in [-0.05, 0) is 47.5 Å². The van der Waals surface area contributed by atoms with Gasteiger partial charge in [0.05, 0.1) is 6.61 Å². The van der Waals surface area contributed by atoms with Gasteiger partial charge >= 0.3 is 12.1 Å². The van der Waals surface area contributed by atoms with Gasteiger partial charge in [0.1, 0.15) is 11.1 Å². The van der Waals surface area contributed by atoms with E-state index in [1.54, 1.807) is 34.6 Å². The Bertz CT molecular complexity index is 414. The molecular formula is C14H28N4O4. The Labute approximate surface area is 131 Å². The summed E-state index contributed by atoms with van der Waals surface area (Å²) < 4.78 is 10.2. The van der Waals surface area contributed by atoms with E-state index in [9.17, 15) is 9.59 Å². The summed E-state index contributed by atoms with van der Waals surface area (Å²) in [6.45, 7) is 9.09. The van der Waals surface area contributed by atoms with E-state index < -0.39 is 23.2 Å². The van der Waals surface area contributed by atoms with Crippen molar-refractivity contribution in [1.29, 1.82) is 0 Å². The van der Waals surface area contributed by atoms with Gasteiger partial charge in [-0.2, -0.15) is 0 Å². The highest BCUT2D eigenvalue weighted by atomic mass is 16.6. The first-order valence-electron chi connectivity index (χ1n) is 7.24. The topological polar surface area (TPSA) is 129 Å². The highest BCUT2D eigenvalue weighted by molar-refractivity contribution is 5.85. The molecule has 0 aliphatic rings. The monoisotopic (exact) mass is 316 g/mol. The van der Waals surface area contributed by atoms with Crippen molar-refractivity contribution in [1.82, 2.24) is 5.32 Å². The van der Waals surface area contributed by atoms with Crippen LogP contribution in [0.4, 0.5) is 4.79 Å². The average molecular weight is 316 g/mol. The highest BCUT2D eigenvalue weighted by Gasteiger charge is 2.37. The molecule has 5 N–H and O–H groups in total. The molecule has 0 radical (unpaired) electrons. The molecule has 0 bridgehead atoms. The van der Waals surface area contributed by atoms with E-state index in [1.165, 1.54) is 0 Å². The van der Waals surface area contributed by atoms with Crippen molar-refractivity contribution in [3.63, 3.8) is 0 Å². The van der Waals surface area contributed by atoms with Gasteiger partial charge in [0, 0.05) is 6.54 Å². The van der Waals surface area contributed by atoms with Crippen LogP contribution in [0.2, 0.25) is 0 Å². The molecule has 0 heterocycles. The van der Waals surface area contributed by atoms with E-state index in [-0.39, 0.29) is 12.6 Å². The zero-order valence-corrected chi connectivity index (χ0v) is 14.1. The fourth-order valence-electron chi connectivity index (χ4n) is 1.68. The van der Waals surface area contributed by atoms with E-state index in [2.05, 4.69) is 10.3 Å². The Morgan fingerprint density at radius 2 is 1.77 bits per heavy atom. The second-order valence-corrected chi connectivity index (χ2v) is 6.09. The van der Waals surface area contributed by atoms with E-state index in [0.29, 0.717) is 19.4 Å². The minimum atomic E-state index is -1.20. The molecule has 0 aliphatic heterocycles. The molecule has 0 saturated carbocycles. The predicted octanol–water partition coefficient (Wildman–Crippen LogP) is 0.887. The van der Waals surface area contributed by atoms with E-state index in [0.717, 1.165) is 0 Å². The molecule has 8 nitrogen and oxygen atoms in total. The number of carbonyl (C=O) groups excluding carboxylic acids is 2. The zero-order chi connectivity index (χ0) is 17.4. The summed E-state index contributed by atoms with van der Waals surface area (Å²) >= 11 is 0. The molecule has 0 fully saturated rings. The fraction of sp³-hybridized carbons (Fsp3) is 0.786. The van der Waals surface area contributed by atoms with Crippen molar-refractivity contribution < 1.29 is 19.1 Å². The van der Waals surface area contributed by atoms with Gasteiger partial charge in [-0.25, -0.2) is 9.59 Å². The maximum atomic E-state index is 12.1. The van der Waals surface area contributed by atoms with Crippen LogP contribution in [0.25, 0.3) is 0 Å². The molecular weight excluding hydrogens is 288 g/mol. The molecule has 0 aromatic rings. The highest BCUT2D eigenvalue weighted by Crippen LogP contribution is 2.17. The van der Waals surface area contributed by atoms with Gasteiger partial charge < -0.3 is 26.3 Å². The summed E-state index contributed by atoms with van der Waals surface area (Å²) in [5, 5.41) is 2.58. The largest absolute Gasteiger partial charge is 0.464 e. The summed E-state index contributed by atoms with van der Waals surface area (Å²) in [4.78, 5) is 27.9. The number of guanidine groups is 1. The third kappa shape index (κ3) is 8.33. The van der Waals surface area contributed by atoms with Crippen molar-refractivity contribution in [2.45, 2.75) is 58.6 Å². The van der Waals surface area contributed by atoms with E-state index in [1.807, 2.05) is 0 Å². The smallest absolute Gasteiger partial charge is 0.408 e. The van der Waals surface area contributed by atoms with Crippen molar-refractivity contribution in [3.8, 4) is 0 Å². The van der Waals surface area contributed by atoms with Crippen molar-refractivity contribution in [2.75, 3.05) is 13.2 Å². The molecule has 0 rings (SSSR count). The third-order valence-corrected chi connectivity index (χ3v) is 2.63. The molecule has 22 heavy (non-hydrogen) atoms. The first kappa shape index (κ1) is 20.0. The number of esters is 1. The average Bonchev–Trinajstić information content (AvgIpc) is 2.32. The number of carbonyl (C=O) groups is 2. The van der Waals surface area contributed by atoms with Crippen LogP contribution in [0, 0.1) is 0 Å². The quantitative estimate of drug-likeness (QED) is 0.277. The van der Waals surface area contributed by atoms with Crippen LogP contribution in [0.15, 0.2) is 4.99 Å². The van der Waals surface area contributed by atoms with E-state index in [4.69, 9.17) is 20.9 Å². The first-order valence-corrected chi connectivity index (χ1v) is 7.24. The van der Waals surface area contributed by atoms with Crippen LogP contribution in [-0.2, 0) is 14.3 Å². The SMILES string of the molecule is CCOC(=O)C(C)(CCCN=C(N)N)NC(=O)OC(C)(C)C. The lowest BCUT2D eigenvalue weighted by molar-refractivity contribution is -0.150. The predicted molar refractivity (Wildman–Crippen MR) is 84.3 cm³/mol. The number of hydrogen-bond donors (Lipinski definition) is 3. The molecule has 1 amide bonds. The molecule has 1 atom stereocenters. The summed E-state index contributed by atoms with van der Waals surface area (Å²) in [5.41, 5.74) is 8.64. The first-order chi connectivity index (χ1) is 10.00. The lowest BCUT2D eigenvalue weighted by atomic mass is 9.96. The minimum Gasteiger partial charge on any atom is -0.464 e. The van der Waals surface area contributed by atoms with Gasteiger partial charge in [0.15, 0.2) is 5.96 Å². The number of nitrogens with one attached hydrogen (secondary N) is 1. The Morgan fingerprint density at radius 1 is 1.18 bits per heavy atom. The number of ether oxygens (including phenoxy) is 2. The molecule has 0 spiro atoms. The number of nitrogens with two attached hydrogens (primary N) is 2. The van der Waals surface area contributed by atoms with Gasteiger partial charge in [-0.3, -0.25) is 4.99 Å². The normalized spacial score (nSPS) is 13.7. The maximum Gasteiger partial charge on any atom is 0.408 e. The third-order valence-electron chi connectivity index (χ3n) is 2.63. The molecule has 8 heteroatoms. The number of nitrogens with zero attached hydrogens (tertiary/aromatic N) is 1. The summed E-state index contributed by atoms with van der Waals surface area (Å²) in [7, 11) is 0. The van der Waals surface area contributed by atoms with Crippen LogP contribution < -0.4 is 16.8 Å². The van der Waals surface area contributed by atoms with Gasteiger partial charge in [0.2, 0.25) is 0 Å². The van der Waals surface area contributed by atoms with Crippen LogP contribution in [0.5, 0.6) is 0 Å². The second-order valence-electron chi connectivity index (χ2n) is 6.09. The van der Waals surface area contributed by atoms with Gasteiger partial charge in [-0.15, -0.1) is 0 Å². The van der Waals surface area contributed by atoms with Crippen LogP contribution >= 0.6 is 0 Å². The number of amides is 1. The van der Waals surface area contributed by atoms with E-state index >= 15 is 0 Å². The number of hydrogen-bond acceptors (Lipinski definition) is 5. The van der Waals surface area contributed by atoms with Crippen molar-refractivity contribution >= 4 is 18.0 Å². The van der Waals surface area contributed by atoms with Crippen LogP contribution in [0.3, 0.4) is 0 Å². The molecule has 0 aromatic heterocycles. The number of rotatable bonds is 7. The van der Waals surface area contributed by atoms with Gasteiger partial charge in [0.25, 0.3) is 0 Å². The Hall–Kier alpha value is -1.99. The molecule has 1 unspecified atom stereocenters. The molecule has 0 saturated heterocycles. The Morgan fingerprint density at radius 3 is 2.23 bits per heavy atom. The summed E-state index contributed by atoms with van der Waals surface area (Å²) in [5.74, 6) is -0.538. The van der Waals surface area contributed by atoms with Crippen LogP contribution in [0.1, 0.15) is 47.5 Å². The summed E-state index contributed by atoms with van der Waals surface area (Å²) in [6.07, 6.45) is 0.148. The maximum absolute atomic E-state index is 12.1. The fourth-order valence-corrected chi connectivity index (χ4v) is 1.68. The Balaban J connectivity index is 4.82. The lowest BCUT2D eigenvalue weighted by Gasteiger charge is -2.30. The van der Waals surface area contributed by atoms with Crippen molar-refractivity contribution in [2.24, 2.45) is 16.5 Å². The Kier molecular flexibility index (Phi) is 7.69. The molecule has 0 aromatic carbocycles. The second kappa shape index (κ2) is 8.45. The summed E-state index contributed by atoms with van der Waals surface area (Å²) in [6, 6.07) is 0. The molecule has 128 valence electrons. The van der Waals surface area contributed by atoms with Gasteiger partial charge in [-0.1, -0.05) is 0 Å². The minimum absolute atomic E-state index is 0.0158. The zero-order valence-electron chi connectivity index (χ0n) is 14.1. The van der Waals surface area contributed by atoms with Crippen molar-refractivity contribution in [3.05, 3.63) is 0 Å². The van der Waals surface area contributed by atoms with Crippen LogP contribution in [-0.4, -0.2) is 42.3 Å².